The molecule has 0 aliphatic heterocycles. The number of carbonyl (C=O) groups is 3. The third-order valence-electron chi connectivity index (χ3n) is 12.8. The number of likely N-dealkylation sites (N-methyl/N-ethyl adjacent to an activating group) is 1. The predicted octanol–water partition coefficient (Wildman–Crippen LogP) is 16.5. The van der Waals surface area contributed by atoms with Gasteiger partial charge in [-0.15, -0.1) is 0 Å². The third-order valence-corrected chi connectivity index (χ3v) is 12.8. The minimum atomic E-state index is -0.873. The fourth-order valence-electron chi connectivity index (χ4n) is 8.41. The molecule has 0 aromatic carbocycles. The van der Waals surface area contributed by atoms with Gasteiger partial charge in [-0.3, -0.25) is 9.59 Å². The van der Waals surface area contributed by atoms with Crippen molar-refractivity contribution in [3.63, 3.8) is 0 Å². The molecule has 0 bridgehead atoms. The smallest absolute Gasteiger partial charge is 0.362 e. The predicted molar refractivity (Wildman–Crippen MR) is 280 cm³/mol. The van der Waals surface area contributed by atoms with Crippen LogP contribution in [0.3, 0.4) is 0 Å². The van der Waals surface area contributed by atoms with E-state index in [9.17, 15) is 19.5 Å². The monoisotopic (exact) mass is 931 g/mol. The molecule has 0 amide bonds. The second-order valence-corrected chi connectivity index (χ2v) is 20.2. The van der Waals surface area contributed by atoms with Gasteiger partial charge < -0.3 is 23.8 Å². The maximum Gasteiger partial charge on any atom is 0.362 e. The number of carboxylic acids is 1. The molecule has 0 spiro atoms. The molecule has 0 aliphatic rings. The van der Waals surface area contributed by atoms with Gasteiger partial charge in [0.25, 0.3) is 0 Å². The lowest BCUT2D eigenvalue weighted by atomic mass is 10.1. The number of carboxylic acid groups (broad SMARTS) is 1. The summed E-state index contributed by atoms with van der Waals surface area (Å²) in [6.45, 7) is 4.76. The lowest BCUT2D eigenvalue weighted by molar-refractivity contribution is -0.887. The summed E-state index contributed by atoms with van der Waals surface area (Å²) in [7, 11) is 5.54. The minimum Gasteiger partial charge on any atom is -0.477 e. The molecule has 0 rings (SSSR count). The first-order chi connectivity index (χ1) is 32.1. The quantitative estimate of drug-likeness (QED) is 0.0281. The number of hydrogen-bond acceptors (Lipinski definition) is 6. The van der Waals surface area contributed by atoms with Gasteiger partial charge in [-0.25, -0.2) is 4.79 Å². The molecule has 2 atom stereocenters. The Morgan fingerprint density at radius 2 is 0.803 bits per heavy atom. The summed E-state index contributed by atoms with van der Waals surface area (Å²) in [5.41, 5.74) is 0. The van der Waals surface area contributed by atoms with Gasteiger partial charge >= 0.3 is 17.9 Å². The van der Waals surface area contributed by atoms with Crippen molar-refractivity contribution in [2.24, 2.45) is 0 Å². The van der Waals surface area contributed by atoms with Crippen LogP contribution in [0.1, 0.15) is 264 Å². The van der Waals surface area contributed by atoms with E-state index in [4.69, 9.17) is 14.2 Å². The Morgan fingerprint density at radius 3 is 1.18 bits per heavy atom. The van der Waals surface area contributed by atoms with E-state index >= 15 is 0 Å². The zero-order valence-electron chi connectivity index (χ0n) is 44.2. The normalized spacial score (nSPS) is 13.0. The molecular weight excluding hydrogens is 823 g/mol. The number of carbonyl (C=O) groups excluding carboxylic acids is 2. The number of hydrogen-bond donors (Lipinski definition) is 1. The Kier molecular flexibility index (Phi) is 47.2. The summed E-state index contributed by atoms with van der Waals surface area (Å²) < 4.78 is 17.4. The molecule has 0 saturated heterocycles. The molecule has 0 aromatic heterocycles. The number of unbranched alkanes of at least 4 members (excludes halogenated alkanes) is 31. The van der Waals surface area contributed by atoms with Crippen molar-refractivity contribution in [2.45, 2.75) is 276 Å². The standard InChI is InChI=1S/C58H107NO7/c1-6-8-10-12-14-16-18-20-22-24-26-28-30-32-34-36-38-40-42-44-46-48-56(60)65-53-54(52-64-51-50-55(58(62)63)59(3,4)5)66-57(61)49-47-45-43-41-39-37-35-33-31-29-27-25-23-21-19-17-15-13-11-9-7-2/h19,21,24-27,54-55H,6-18,20,22-23,28-53H2,1-5H3/p+1/b21-19-,26-24-,27-25-. The second kappa shape index (κ2) is 49.0. The SMILES string of the molecule is CCCCCCC/C=C\C/C=C\CCCCCCCCCCCC(=O)OC(COCCC(C(=O)O)[N+](C)(C)C)COC(=O)CCCCCCCCCCC/C=C\CCCCCCCCCC. The number of nitrogens with zero attached hydrogens (tertiary/aromatic N) is 1. The zero-order valence-corrected chi connectivity index (χ0v) is 44.2. The lowest BCUT2D eigenvalue weighted by Crippen LogP contribution is -2.50. The molecule has 2 unspecified atom stereocenters. The lowest BCUT2D eigenvalue weighted by Gasteiger charge is -2.31. The Labute approximate surface area is 408 Å². The van der Waals surface area contributed by atoms with E-state index in [1.807, 2.05) is 21.1 Å². The van der Waals surface area contributed by atoms with Gasteiger partial charge in [-0.2, -0.15) is 0 Å². The molecule has 0 aliphatic carbocycles. The van der Waals surface area contributed by atoms with E-state index in [2.05, 4.69) is 50.3 Å². The molecule has 1 N–H and O–H groups in total. The van der Waals surface area contributed by atoms with Crippen LogP contribution in [0.2, 0.25) is 0 Å². The molecular formula is C58H108NO7+. The highest BCUT2D eigenvalue weighted by molar-refractivity contribution is 5.72. The van der Waals surface area contributed by atoms with Gasteiger partial charge in [-0.1, -0.05) is 211 Å². The average Bonchev–Trinajstić information content (AvgIpc) is 3.28. The zero-order chi connectivity index (χ0) is 48.4. The topological polar surface area (TPSA) is 99.1 Å². The molecule has 386 valence electrons. The number of ether oxygens (including phenoxy) is 3. The van der Waals surface area contributed by atoms with Crippen molar-refractivity contribution in [3.05, 3.63) is 36.5 Å². The van der Waals surface area contributed by atoms with E-state index < -0.39 is 18.1 Å². The minimum absolute atomic E-state index is 0.0513. The van der Waals surface area contributed by atoms with Crippen LogP contribution in [0.5, 0.6) is 0 Å². The number of allylic oxidation sites excluding steroid dienone is 6. The van der Waals surface area contributed by atoms with Gasteiger partial charge in [0.05, 0.1) is 34.4 Å². The first kappa shape index (κ1) is 63.5. The van der Waals surface area contributed by atoms with Crippen molar-refractivity contribution in [1.29, 1.82) is 0 Å². The van der Waals surface area contributed by atoms with E-state index in [0.29, 0.717) is 19.3 Å². The fourth-order valence-corrected chi connectivity index (χ4v) is 8.41. The number of rotatable bonds is 51. The molecule has 66 heavy (non-hydrogen) atoms. The van der Waals surface area contributed by atoms with Crippen LogP contribution in [-0.4, -0.2) is 80.6 Å². The summed E-state index contributed by atoms with van der Waals surface area (Å²) in [6.07, 6.45) is 59.1. The first-order valence-electron chi connectivity index (χ1n) is 28.0. The van der Waals surface area contributed by atoms with Crippen LogP contribution in [0.25, 0.3) is 0 Å². The van der Waals surface area contributed by atoms with Crippen molar-refractivity contribution in [3.8, 4) is 0 Å². The molecule has 0 fully saturated rings. The van der Waals surface area contributed by atoms with Crippen LogP contribution in [0, 0.1) is 0 Å². The summed E-state index contributed by atoms with van der Waals surface area (Å²) >= 11 is 0. The van der Waals surface area contributed by atoms with Crippen molar-refractivity contribution < 1.29 is 38.2 Å². The molecule has 8 heteroatoms. The highest BCUT2D eigenvalue weighted by atomic mass is 16.6. The molecule has 0 heterocycles. The maximum absolute atomic E-state index is 12.8. The average molecular weight is 932 g/mol. The van der Waals surface area contributed by atoms with Crippen LogP contribution in [0.4, 0.5) is 0 Å². The van der Waals surface area contributed by atoms with Crippen LogP contribution in [0.15, 0.2) is 36.5 Å². The van der Waals surface area contributed by atoms with Gasteiger partial charge in [0.15, 0.2) is 12.1 Å². The molecule has 8 nitrogen and oxygen atoms in total. The Hall–Kier alpha value is -2.45. The van der Waals surface area contributed by atoms with Gasteiger partial charge in [0.1, 0.15) is 6.61 Å². The van der Waals surface area contributed by atoms with E-state index in [-0.39, 0.29) is 36.2 Å². The van der Waals surface area contributed by atoms with Crippen molar-refractivity contribution >= 4 is 17.9 Å². The van der Waals surface area contributed by atoms with Crippen LogP contribution < -0.4 is 0 Å². The molecule has 0 radical (unpaired) electrons. The summed E-state index contributed by atoms with van der Waals surface area (Å²) in [6, 6.07) is -0.616. The number of aliphatic carboxylic acids is 1. The molecule has 0 aromatic rings. The largest absolute Gasteiger partial charge is 0.477 e. The Bertz CT molecular complexity index is 1170. The van der Waals surface area contributed by atoms with Crippen molar-refractivity contribution in [2.75, 3.05) is 41.0 Å². The van der Waals surface area contributed by atoms with Crippen LogP contribution >= 0.6 is 0 Å². The highest BCUT2D eigenvalue weighted by Gasteiger charge is 2.31. The number of esters is 2. The highest BCUT2D eigenvalue weighted by Crippen LogP contribution is 2.16. The summed E-state index contributed by atoms with van der Waals surface area (Å²) in [5, 5.41) is 9.67. The van der Waals surface area contributed by atoms with Gasteiger partial charge in [-0.05, 0) is 70.6 Å². The molecule has 0 saturated carbocycles. The summed E-state index contributed by atoms with van der Waals surface area (Å²) in [5.74, 6) is -1.46. The van der Waals surface area contributed by atoms with Crippen LogP contribution in [-0.2, 0) is 28.6 Å². The maximum atomic E-state index is 12.8. The second-order valence-electron chi connectivity index (χ2n) is 20.2. The van der Waals surface area contributed by atoms with E-state index in [1.165, 1.54) is 186 Å². The summed E-state index contributed by atoms with van der Waals surface area (Å²) in [4.78, 5) is 37.3. The number of quaternary nitrogens is 1. The first-order valence-corrected chi connectivity index (χ1v) is 28.0. The van der Waals surface area contributed by atoms with Crippen molar-refractivity contribution in [1.82, 2.24) is 0 Å². The third kappa shape index (κ3) is 46.7. The van der Waals surface area contributed by atoms with Gasteiger partial charge in [0.2, 0.25) is 0 Å². The fraction of sp³-hybridized carbons (Fsp3) is 0.845. The van der Waals surface area contributed by atoms with E-state index in [0.717, 1.165) is 44.9 Å². The van der Waals surface area contributed by atoms with Gasteiger partial charge in [0, 0.05) is 19.3 Å². The van der Waals surface area contributed by atoms with E-state index in [1.54, 1.807) is 0 Å². The Morgan fingerprint density at radius 1 is 0.455 bits per heavy atom. The Balaban J connectivity index is 4.19.